The standard InChI is InChI=1S/C18H15F3N2O3/c19-18(20,21)11-7-10(2-1-9(11)8-22)23-15(24)13-12-3-4-17(26-12)5-6-25-16(23)14(13)17/h1-2,7,12-14,16H,3-6H2/t12-,13+,14-,16-,17+/m0/s1. The van der Waals surface area contributed by atoms with E-state index >= 15 is 0 Å². The second-order valence-electron chi connectivity index (χ2n) is 7.37. The predicted octanol–water partition coefficient (Wildman–Crippen LogP) is 2.83. The topological polar surface area (TPSA) is 62.6 Å². The minimum absolute atomic E-state index is 0.122. The average molecular weight is 364 g/mol. The van der Waals surface area contributed by atoms with Gasteiger partial charge in [0.25, 0.3) is 0 Å². The van der Waals surface area contributed by atoms with Gasteiger partial charge in [0.1, 0.15) is 6.23 Å². The summed E-state index contributed by atoms with van der Waals surface area (Å²) in [6, 6.07) is 4.95. The molecule has 4 saturated heterocycles. The van der Waals surface area contributed by atoms with Crippen LogP contribution in [0.25, 0.3) is 0 Å². The maximum Gasteiger partial charge on any atom is 0.417 e. The summed E-state index contributed by atoms with van der Waals surface area (Å²) < 4.78 is 51.9. The number of alkyl halides is 3. The molecule has 1 aromatic rings. The van der Waals surface area contributed by atoms with Gasteiger partial charge in [-0.05, 0) is 31.0 Å². The Kier molecular flexibility index (Phi) is 3.09. The molecule has 0 N–H and O–H groups in total. The molecular formula is C18H15F3N2O3. The van der Waals surface area contributed by atoms with E-state index in [2.05, 4.69) is 0 Å². The van der Waals surface area contributed by atoms with Gasteiger partial charge in [-0.1, -0.05) is 0 Å². The van der Waals surface area contributed by atoms with E-state index < -0.39 is 23.5 Å². The largest absolute Gasteiger partial charge is 0.417 e. The van der Waals surface area contributed by atoms with E-state index in [4.69, 9.17) is 14.7 Å². The molecule has 5 atom stereocenters. The molecule has 2 bridgehead atoms. The Morgan fingerprint density at radius 2 is 2.12 bits per heavy atom. The van der Waals surface area contributed by atoms with Crippen LogP contribution in [0.5, 0.6) is 0 Å². The van der Waals surface area contributed by atoms with Crippen molar-refractivity contribution in [1.29, 1.82) is 5.26 Å². The SMILES string of the molecule is N#Cc1ccc(N2C(=O)[C@H]3[C@H]4[C@@H]2OCC[C@]42CC[C@@H]3O2)cc1C(F)(F)F. The summed E-state index contributed by atoms with van der Waals surface area (Å²) in [6.07, 6.45) is -3.09. The third kappa shape index (κ3) is 1.90. The van der Waals surface area contributed by atoms with Crippen LogP contribution < -0.4 is 4.90 Å². The van der Waals surface area contributed by atoms with E-state index in [1.807, 2.05) is 0 Å². The van der Waals surface area contributed by atoms with Crippen LogP contribution in [0.1, 0.15) is 30.4 Å². The van der Waals surface area contributed by atoms with Gasteiger partial charge in [-0.15, -0.1) is 0 Å². The first kappa shape index (κ1) is 16.1. The molecule has 0 unspecified atom stereocenters. The number of anilines is 1. The monoisotopic (exact) mass is 364 g/mol. The summed E-state index contributed by atoms with van der Waals surface area (Å²) in [5.74, 6) is -0.752. The number of rotatable bonds is 1. The van der Waals surface area contributed by atoms with Crippen molar-refractivity contribution >= 4 is 11.6 Å². The molecule has 136 valence electrons. The van der Waals surface area contributed by atoms with E-state index in [0.29, 0.717) is 13.0 Å². The normalized spacial score (nSPS) is 37.8. The Morgan fingerprint density at radius 1 is 1.31 bits per heavy atom. The number of nitrogens with zero attached hydrogens (tertiary/aromatic N) is 2. The number of benzene rings is 1. The molecule has 0 radical (unpaired) electrons. The van der Waals surface area contributed by atoms with Crippen molar-refractivity contribution in [2.24, 2.45) is 11.8 Å². The third-order valence-corrected chi connectivity index (χ3v) is 6.24. The van der Waals surface area contributed by atoms with Crippen LogP contribution >= 0.6 is 0 Å². The molecule has 0 saturated carbocycles. The van der Waals surface area contributed by atoms with E-state index in [9.17, 15) is 18.0 Å². The third-order valence-electron chi connectivity index (χ3n) is 6.24. The highest BCUT2D eigenvalue weighted by atomic mass is 19.4. The second kappa shape index (κ2) is 4.99. The summed E-state index contributed by atoms with van der Waals surface area (Å²) in [4.78, 5) is 14.4. The first-order valence-electron chi connectivity index (χ1n) is 8.60. The molecule has 1 aromatic carbocycles. The Labute approximate surface area is 147 Å². The zero-order valence-electron chi connectivity index (χ0n) is 13.6. The minimum atomic E-state index is -4.67. The lowest BCUT2D eigenvalue weighted by Gasteiger charge is -2.41. The average Bonchev–Trinajstić information content (AvgIpc) is 3.25. The van der Waals surface area contributed by atoms with Gasteiger partial charge in [0, 0.05) is 18.0 Å². The highest BCUT2D eigenvalue weighted by molar-refractivity contribution is 5.99. The smallest absolute Gasteiger partial charge is 0.370 e. The van der Waals surface area contributed by atoms with Crippen molar-refractivity contribution in [1.82, 2.24) is 0 Å². The van der Waals surface area contributed by atoms with Gasteiger partial charge in [0.05, 0.1) is 41.4 Å². The lowest BCUT2D eigenvalue weighted by atomic mass is 9.70. The van der Waals surface area contributed by atoms with Gasteiger partial charge in [-0.25, -0.2) is 0 Å². The Hall–Kier alpha value is -2.11. The number of halogens is 3. The van der Waals surface area contributed by atoms with Crippen molar-refractivity contribution in [3.63, 3.8) is 0 Å². The van der Waals surface area contributed by atoms with Gasteiger partial charge >= 0.3 is 6.18 Å². The molecule has 8 heteroatoms. The number of nitriles is 1. The molecule has 4 aliphatic heterocycles. The van der Waals surface area contributed by atoms with Gasteiger partial charge in [-0.3, -0.25) is 9.69 Å². The molecule has 26 heavy (non-hydrogen) atoms. The van der Waals surface area contributed by atoms with Gasteiger partial charge < -0.3 is 9.47 Å². The van der Waals surface area contributed by atoms with Gasteiger partial charge in [0.2, 0.25) is 5.91 Å². The van der Waals surface area contributed by atoms with Gasteiger partial charge in [-0.2, -0.15) is 18.4 Å². The highest BCUT2D eigenvalue weighted by Crippen LogP contribution is 2.60. The van der Waals surface area contributed by atoms with Crippen LogP contribution in [-0.2, 0) is 20.4 Å². The summed E-state index contributed by atoms with van der Waals surface area (Å²) in [7, 11) is 0. The summed E-state index contributed by atoms with van der Waals surface area (Å²) in [5, 5.41) is 8.97. The molecule has 4 aliphatic rings. The predicted molar refractivity (Wildman–Crippen MR) is 81.8 cm³/mol. The Balaban J connectivity index is 1.60. The first-order valence-corrected chi connectivity index (χ1v) is 8.60. The molecule has 0 aromatic heterocycles. The van der Waals surface area contributed by atoms with E-state index in [0.717, 1.165) is 25.0 Å². The minimum Gasteiger partial charge on any atom is -0.370 e. The van der Waals surface area contributed by atoms with Gasteiger partial charge in [0.15, 0.2) is 0 Å². The van der Waals surface area contributed by atoms with Crippen molar-refractivity contribution < 1.29 is 27.4 Å². The first-order chi connectivity index (χ1) is 12.4. The van der Waals surface area contributed by atoms with Crippen molar-refractivity contribution in [3.8, 4) is 6.07 Å². The number of hydrogen-bond donors (Lipinski definition) is 0. The maximum atomic E-state index is 13.3. The van der Waals surface area contributed by atoms with Crippen LogP contribution in [-0.4, -0.2) is 30.4 Å². The summed E-state index contributed by atoms with van der Waals surface area (Å²) >= 11 is 0. The molecule has 5 nitrogen and oxygen atoms in total. The van der Waals surface area contributed by atoms with Crippen LogP contribution in [0, 0.1) is 23.2 Å². The Bertz CT molecular complexity index is 849. The van der Waals surface area contributed by atoms with Crippen LogP contribution in [0.15, 0.2) is 18.2 Å². The maximum absolute atomic E-state index is 13.3. The second-order valence-corrected chi connectivity index (χ2v) is 7.37. The molecule has 0 aliphatic carbocycles. The van der Waals surface area contributed by atoms with Crippen molar-refractivity contribution in [3.05, 3.63) is 29.3 Å². The van der Waals surface area contributed by atoms with E-state index in [1.54, 1.807) is 6.07 Å². The molecule has 1 amide bonds. The fraction of sp³-hybridized carbons (Fsp3) is 0.556. The molecule has 5 rings (SSSR count). The number of carbonyl (C=O) groups is 1. The fourth-order valence-electron chi connectivity index (χ4n) is 5.23. The number of fused-ring (bicyclic) bond motifs is 2. The summed E-state index contributed by atoms with van der Waals surface area (Å²) in [5.41, 5.74) is -1.76. The molecule has 4 fully saturated rings. The molecule has 1 spiro atoms. The van der Waals surface area contributed by atoms with Crippen LogP contribution in [0.2, 0.25) is 0 Å². The number of carbonyl (C=O) groups excluding carboxylic acids is 1. The van der Waals surface area contributed by atoms with Crippen molar-refractivity contribution in [2.45, 2.75) is 43.4 Å². The lowest BCUT2D eigenvalue weighted by Crippen LogP contribution is -2.51. The van der Waals surface area contributed by atoms with E-state index in [-0.39, 0.29) is 35.1 Å². The zero-order valence-corrected chi connectivity index (χ0v) is 13.6. The van der Waals surface area contributed by atoms with Crippen molar-refractivity contribution in [2.75, 3.05) is 11.5 Å². The molecular weight excluding hydrogens is 349 g/mol. The number of hydrogen-bond acceptors (Lipinski definition) is 4. The lowest BCUT2D eigenvalue weighted by molar-refractivity contribution is -0.138. The van der Waals surface area contributed by atoms with Crippen LogP contribution in [0.3, 0.4) is 0 Å². The summed E-state index contributed by atoms with van der Waals surface area (Å²) in [6.45, 7) is 0.410. The Morgan fingerprint density at radius 3 is 2.85 bits per heavy atom. The fourth-order valence-corrected chi connectivity index (χ4v) is 5.23. The zero-order chi connectivity index (χ0) is 18.3. The van der Waals surface area contributed by atoms with Crippen LogP contribution in [0.4, 0.5) is 18.9 Å². The number of amides is 1. The van der Waals surface area contributed by atoms with E-state index in [1.165, 1.54) is 11.0 Å². The molecule has 4 heterocycles. The highest BCUT2D eigenvalue weighted by Gasteiger charge is 2.70. The quantitative estimate of drug-likeness (QED) is 0.769. The number of ether oxygens (including phenoxy) is 2.